The number of sulfonamides is 3. The van der Waals surface area contributed by atoms with Crippen molar-refractivity contribution < 1.29 is 66.2 Å². The predicted molar refractivity (Wildman–Crippen MR) is 116 cm³/mol. The Morgan fingerprint density at radius 2 is 1.54 bits per heavy atom. The van der Waals surface area contributed by atoms with Crippen LogP contribution < -0.4 is 4.13 Å². The quantitative estimate of drug-likeness (QED) is 0.187. The van der Waals surface area contributed by atoms with E-state index in [4.69, 9.17) is 4.74 Å². The molecule has 0 saturated carbocycles. The van der Waals surface area contributed by atoms with Crippen LogP contribution in [0, 0.1) is 11.8 Å². The summed E-state index contributed by atoms with van der Waals surface area (Å²) in [5, 5.41) is -4.05. The molecule has 1 rings (SSSR count). The molecule has 218 valence electrons. The lowest BCUT2D eigenvalue weighted by molar-refractivity contribution is -0.245. The Hall–Kier alpha value is -1.48. The van der Waals surface area contributed by atoms with E-state index in [2.05, 4.69) is 0 Å². The van der Waals surface area contributed by atoms with Crippen LogP contribution >= 0.6 is 0 Å². The highest BCUT2D eigenvalue weighted by atomic mass is 32.3. The fourth-order valence-corrected chi connectivity index (χ4v) is 7.24. The molecule has 1 saturated heterocycles. The third-order valence-electron chi connectivity index (χ3n) is 5.35. The standard InChI is InChI=1S/C17H26F6N2O9S3/c1-4-13(11(2)26)14(27)34-10-7-12-5-8-25(9-6-12)37(32,33)17(22,23)15(18,19)16(20,21)36(30,31)24-35(3,28)29/h7,10-13,24,26H,4-6,8-9H2,1-3H3/b10-7+. The van der Waals surface area contributed by atoms with Gasteiger partial charge < -0.3 is 9.84 Å². The van der Waals surface area contributed by atoms with Crippen molar-refractivity contribution in [3.8, 4) is 0 Å². The van der Waals surface area contributed by atoms with Gasteiger partial charge in [-0.2, -0.15) is 30.6 Å². The smallest absolute Gasteiger partial charge is 0.429 e. The predicted octanol–water partition coefficient (Wildman–Crippen LogP) is 1.19. The molecule has 2 N–H and O–H groups in total. The van der Waals surface area contributed by atoms with Crippen molar-refractivity contribution in [2.75, 3.05) is 19.3 Å². The lowest BCUT2D eigenvalue weighted by Crippen LogP contribution is -2.65. The number of nitrogens with one attached hydrogen (secondary N) is 1. The second-order valence-corrected chi connectivity index (χ2v) is 13.9. The fourth-order valence-electron chi connectivity index (χ4n) is 3.23. The highest BCUT2D eigenvalue weighted by Gasteiger charge is 2.82. The summed E-state index contributed by atoms with van der Waals surface area (Å²) in [6, 6.07) is 0. The van der Waals surface area contributed by atoms with Crippen molar-refractivity contribution in [3.05, 3.63) is 12.3 Å². The Kier molecular flexibility index (Phi) is 10.3. The SMILES string of the molecule is CCC(C(=O)O/C=C/C1CCN(S(=O)(=O)C(F)(F)C(F)(F)C(F)(F)S(=O)(=O)NS(C)(=O)=O)CC1)C(C)O. The van der Waals surface area contributed by atoms with E-state index in [1.165, 1.54) is 13.0 Å². The number of aliphatic hydroxyl groups excluding tert-OH is 1. The minimum atomic E-state index is -7.10. The lowest BCUT2D eigenvalue weighted by atomic mass is 9.98. The zero-order valence-corrected chi connectivity index (χ0v) is 22.0. The van der Waals surface area contributed by atoms with Gasteiger partial charge in [-0.15, -0.1) is 4.13 Å². The summed E-state index contributed by atoms with van der Waals surface area (Å²) in [4.78, 5) is 11.9. The maximum absolute atomic E-state index is 14.4. The maximum atomic E-state index is 14.4. The molecule has 37 heavy (non-hydrogen) atoms. The Morgan fingerprint density at radius 1 is 1.05 bits per heavy atom. The van der Waals surface area contributed by atoms with E-state index < -0.39 is 83.5 Å². The molecule has 11 nitrogen and oxygen atoms in total. The number of hydrogen-bond donors (Lipinski definition) is 2. The van der Waals surface area contributed by atoms with Crippen LogP contribution in [0.3, 0.4) is 0 Å². The summed E-state index contributed by atoms with van der Waals surface area (Å²) in [5.74, 6) is -9.33. The van der Waals surface area contributed by atoms with E-state index in [1.54, 1.807) is 6.92 Å². The normalized spacial score (nSPS) is 19.6. The summed E-state index contributed by atoms with van der Waals surface area (Å²) in [6.07, 6.45) is 0.780. The fraction of sp³-hybridized carbons (Fsp3) is 0.824. The second-order valence-electron chi connectivity index (χ2n) is 8.23. The Bertz CT molecular complexity index is 1180. The van der Waals surface area contributed by atoms with E-state index >= 15 is 0 Å². The number of allylic oxidation sites excluding steroid dienone is 1. The zero-order chi connectivity index (χ0) is 29.3. The molecule has 0 aliphatic carbocycles. The largest absolute Gasteiger partial charge is 0.435 e. The van der Waals surface area contributed by atoms with Crippen molar-refractivity contribution in [2.24, 2.45) is 11.8 Å². The molecule has 0 aromatic rings. The number of esters is 1. The molecule has 0 spiro atoms. The molecule has 0 amide bonds. The summed E-state index contributed by atoms with van der Waals surface area (Å²) >= 11 is 0. The van der Waals surface area contributed by atoms with E-state index in [0.717, 1.165) is 6.26 Å². The first-order valence-corrected chi connectivity index (χ1v) is 15.2. The molecule has 2 atom stereocenters. The molecule has 0 aromatic heterocycles. The average molecular weight is 613 g/mol. The molecule has 0 radical (unpaired) electrons. The van der Waals surface area contributed by atoms with Crippen LogP contribution in [0.15, 0.2) is 12.3 Å². The number of nitrogens with zero attached hydrogens (tertiary/aromatic N) is 1. The number of ether oxygens (including phenoxy) is 1. The number of piperidine rings is 1. The van der Waals surface area contributed by atoms with Crippen LogP contribution in [0.4, 0.5) is 26.3 Å². The van der Waals surface area contributed by atoms with Crippen molar-refractivity contribution in [1.82, 2.24) is 8.43 Å². The molecule has 2 unspecified atom stereocenters. The third kappa shape index (κ3) is 6.94. The van der Waals surface area contributed by atoms with Crippen LogP contribution in [0.25, 0.3) is 0 Å². The Balaban J connectivity index is 3.04. The molecular formula is C17H26F6N2O9S3. The van der Waals surface area contributed by atoms with Gasteiger partial charge in [-0.3, -0.25) is 4.79 Å². The van der Waals surface area contributed by atoms with Gasteiger partial charge in [0.2, 0.25) is 10.0 Å². The highest BCUT2D eigenvalue weighted by Crippen LogP contribution is 2.51. The van der Waals surface area contributed by atoms with E-state index in [9.17, 15) is 61.5 Å². The van der Waals surface area contributed by atoms with E-state index in [1.807, 2.05) is 0 Å². The van der Waals surface area contributed by atoms with Crippen LogP contribution in [-0.4, -0.2) is 82.5 Å². The second kappa shape index (κ2) is 11.3. The van der Waals surface area contributed by atoms with E-state index in [-0.39, 0.29) is 34.0 Å². The molecule has 1 aliphatic rings. The van der Waals surface area contributed by atoms with Gasteiger partial charge in [-0.25, -0.2) is 25.3 Å². The number of carbonyl (C=O) groups excluding carboxylic acids is 1. The molecule has 1 fully saturated rings. The van der Waals surface area contributed by atoms with Gasteiger partial charge in [-0.05, 0) is 38.2 Å². The first-order valence-electron chi connectivity index (χ1n) is 10.4. The van der Waals surface area contributed by atoms with Crippen molar-refractivity contribution in [1.29, 1.82) is 0 Å². The van der Waals surface area contributed by atoms with Gasteiger partial charge in [0.05, 0.1) is 24.5 Å². The molecule has 1 aliphatic heterocycles. The summed E-state index contributed by atoms with van der Waals surface area (Å²) in [6.45, 7) is 1.23. The molecule has 0 bridgehead atoms. The van der Waals surface area contributed by atoms with Crippen molar-refractivity contribution in [2.45, 2.75) is 55.6 Å². The van der Waals surface area contributed by atoms with Gasteiger partial charge in [-0.1, -0.05) is 6.92 Å². The van der Waals surface area contributed by atoms with Gasteiger partial charge in [0.1, 0.15) is 0 Å². The number of alkyl halides is 6. The Labute approximate surface area is 210 Å². The van der Waals surface area contributed by atoms with Crippen LogP contribution in [0.5, 0.6) is 0 Å². The summed E-state index contributed by atoms with van der Waals surface area (Å²) < 4.78 is 159. The molecule has 20 heteroatoms. The summed E-state index contributed by atoms with van der Waals surface area (Å²) in [7, 11) is -18.8. The topological polar surface area (TPSA) is 164 Å². The monoisotopic (exact) mass is 612 g/mol. The van der Waals surface area contributed by atoms with Gasteiger partial charge >= 0.3 is 22.4 Å². The summed E-state index contributed by atoms with van der Waals surface area (Å²) in [5.41, 5.74) is 0. The number of halogens is 6. The highest BCUT2D eigenvalue weighted by molar-refractivity contribution is 8.05. The first-order chi connectivity index (χ1) is 16.5. The third-order valence-corrected chi connectivity index (χ3v) is 10.3. The Morgan fingerprint density at radius 3 is 1.95 bits per heavy atom. The van der Waals surface area contributed by atoms with Gasteiger partial charge in [0.15, 0.2) is 0 Å². The van der Waals surface area contributed by atoms with Crippen LogP contribution in [0.1, 0.15) is 33.1 Å². The lowest BCUT2D eigenvalue weighted by Gasteiger charge is -2.36. The number of hydrogen-bond acceptors (Lipinski definition) is 9. The number of aliphatic hydroxyl groups is 1. The van der Waals surface area contributed by atoms with Crippen LogP contribution in [-0.2, 0) is 39.6 Å². The number of rotatable bonds is 12. The van der Waals surface area contributed by atoms with Crippen molar-refractivity contribution in [3.63, 3.8) is 0 Å². The zero-order valence-electron chi connectivity index (χ0n) is 19.6. The molecular weight excluding hydrogens is 586 g/mol. The average Bonchev–Trinajstić information content (AvgIpc) is 2.72. The van der Waals surface area contributed by atoms with Crippen molar-refractivity contribution >= 4 is 36.0 Å². The molecule has 0 aromatic carbocycles. The maximum Gasteiger partial charge on any atom is 0.429 e. The van der Waals surface area contributed by atoms with Crippen LogP contribution in [0.2, 0.25) is 0 Å². The van der Waals surface area contributed by atoms with E-state index in [0.29, 0.717) is 0 Å². The molecule has 1 heterocycles. The number of carbonyl (C=O) groups is 1. The minimum absolute atomic E-state index is 0.0392. The van der Waals surface area contributed by atoms with Gasteiger partial charge in [0.25, 0.3) is 20.0 Å². The first kappa shape index (κ1) is 33.5. The van der Waals surface area contributed by atoms with Gasteiger partial charge in [0, 0.05) is 13.1 Å². The minimum Gasteiger partial charge on any atom is -0.435 e.